The second-order valence-corrected chi connectivity index (χ2v) is 5.05. The van der Waals surface area contributed by atoms with Gasteiger partial charge >= 0.3 is 0 Å². The maximum Gasteiger partial charge on any atom is 0.254 e. The summed E-state index contributed by atoms with van der Waals surface area (Å²) in [6.45, 7) is 0. The van der Waals surface area contributed by atoms with Gasteiger partial charge in [-0.05, 0) is 12.1 Å². The van der Waals surface area contributed by atoms with Crippen LogP contribution in [-0.4, -0.2) is 22.8 Å². The summed E-state index contributed by atoms with van der Waals surface area (Å²) in [5.74, 6) is -0.630. The molecular formula is C16H13N5O. The minimum absolute atomic E-state index is 0.166. The number of H-pyrrole nitrogens is 1. The maximum atomic E-state index is 11.8. The first kappa shape index (κ1) is 12.6. The Bertz CT molecular complexity index is 872. The van der Waals surface area contributed by atoms with Crippen molar-refractivity contribution < 1.29 is 4.79 Å². The molecule has 0 bridgehead atoms. The molecule has 6 heteroatoms. The summed E-state index contributed by atoms with van der Waals surface area (Å²) in [6, 6.07) is 8.07. The van der Waals surface area contributed by atoms with E-state index in [1.807, 2.05) is 30.5 Å². The van der Waals surface area contributed by atoms with Crippen LogP contribution in [0.2, 0.25) is 0 Å². The van der Waals surface area contributed by atoms with Crippen molar-refractivity contribution in [2.75, 3.05) is 0 Å². The van der Waals surface area contributed by atoms with Gasteiger partial charge in [0.25, 0.3) is 5.91 Å². The van der Waals surface area contributed by atoms with Gasteiger partial charge in [-0.2, -0.15) is 5.10 Å². The van der Waals surface area contributed by atoms with Crippen molar-refractivity contribution in [3.63, 3.8) is 0 Å². The summed E-state index contributed by atoms with van der Waals surface area (Å²) >= 11 is 0. The van der Waals surface area contributed by atoms with Gasteiger partial charge in [0.15, 0.2) is 0 Å². The molecule has 2 aliphatic heterocycles. The number of hydrazone groups is 1. The molecule has 1 aromatic carbocycles. The Morgan fingerprint density at radius 2 is 2.14 bits per heavy atom. The van der Waals surface area contributed by atoms with E-state index in [0.717, 1.165) is 22.2 Å². The number of aromatic nitrogens is 1. The number of fused-ring (bicyclic) bond motifs is 1. The molecule has 0 spiro atoms. The number of aliphatic imine (C=N–C) groups is 1. The lowest BCUT2D eigenvalue weighted by Crippen LogP contribution is -2.32. The lowest BCUT2D eigenvalue weighted by Gasteiger charge is -2.16. The summed E-state index contributed by atoms with van der Waals surface area (Å²) < 4.78 is 0. The van der Waals surface area contributed by atoms with E-state index in [-0.39, 0.29) is 5.91 Å². The Hall–Kier alpha value is -3.15. The monoisotopic (exact) mass is 291 g/mol. The average Bonchev–Trinajstić information content (AvgIpc) is 3.15. The van der Waals surface area contributed by atoms with Crippen LogP contribution in [0.3, 0.4) is 0 Å². The molecule has 0 radical (unpaired) electrons. The van der Waals surface area contributed by atoms with E-state index in [1.54, 1.807) is 18.6 Å². The largest absolute Gasteiger partial charge is 0.361 e. The molecule has 4 rings (SSSR count). The van der Waals surface area contributed by atoms with E-state index in [9.17, 15) is 4.79 Å². The quantitative estimate of drug-likeness (QED) is 0.788. The number of aromatic amines is 1. The van der Waals surface area contributed by atoms with Gasteiger partial charge in [0.2, 0.25) is 0 Å². The minimum atomic E-state index is -0.464. The molecule has 1 atom stereocenters. The predicted octanol–water partition coefficient (Wildman–Crippen LogP) is 1.76. The first-order valence-electron chi connectivity index (χ1n) is 6.93. The second kappa shape index (κ2) is 5.00. The topological polar surface area (TPSA) is 81.6 Å². The average molecular weight is 291 g/mol. The molecule has 2 aliphatic rings. The molecule has 0 saturated heterocycles. The molecule has 22 heavy (non-hydrogen) atoms. The molecule has 0 saturated carbocycles. The van der Waals surface area contributed by atoms with E-state index >= 15 is 0 Å². The number of rotatable bonds is 2. The van der Waals surface area contributed by atoms with Crippen LogP contribution in [0.1, 0.15) is 5.56 Å². The molecule has 0 fully saturated rings. The molecule has 3 N–H and O–H groups in total. The summed E-state index contributed by atoms with van der Waals surface area (Å²) in [7, 11) is 0. The van der Waals surface area contributed by atoms with Crippen molar-refractivity contribution in [3.05, 3.63) is 54.1 Å². The number of hydrogen-bond acceptors (Lipinski definition) is 4. The van der Waals surface area contributed by atoms with Crippen molar-refractivity contribution in [1.29, 1.82) is 0 Å². The highest BCUT2D eigenvalue weighted by Gasteiger charge is 2.29. The molecule has 1 aromatic heterocycles. The van der Waals surface area contributed by atoms with Gasteiger partial charge in [0, 0.05) is 41.3 Å². The van der Waals surface area contributed by atoms with Crippen LogP contribution in [0.5, 0.6) is 0 Å². The van der Waals surface area contributed by atoms with Gasteiger partial charge in [-0.1, -0.05) is 18.2 Å². The normalized spacial score (nSPS) is 22.0. The van der Waals surface area contributed by atoms with Crippen molar-refractivity contribution in [2.24, 2.45) is 16.0 Å². The number of carbonyl (C=O) groups is 1. The summed E-state index contributed by atoms with van der Waals surface area (Å²) in [6.07, 6.45) is 8.89. The number of nitrogens with one attached hydrogen (secondary N) is 3. The van der Waals surface area contributed by atoms with Crippen LogP contribution >= 0.6 is 0 Å². The zero-order valence-corrected chi connectivity index (χ0v) is 11.6. The molecule has 1 amide bonds. The molecule has 108 valence electrons. The van der Waals surface area contributed by atoms with E-state index in [0.29, 0.717) is 5.71 Å². The zero-order valence-electron chi connectivity index (χ0n) is 11.6. The Kier molecular flexibility index (Phi) is 2.86. The second-order valence-electron chi connectivity index (χ2n) is 5.05. The van der Waals surface area contributed by atoms with E-state index in [1.165, 1.54) is 0 Å². The fourth-order valence-electron chi connectivity index (χ4n) is 2.63. The Morgan fingerprint density at radius 3 is 3.00 bits per heavy atom. The third-order valence-corrected chi connectivity index (χ3v) is 3.70. The molecule has 1 unspecified atom stereocenters. The van der Waals surface area contributed by atoms with Crippen LogP contribution < -0.4 is 10.7 Å². The number of nitrogens with zero attached hydrogens (tertiary/aromatic N) is 2. The lowest BCUT2D eigenvalue weighted by molar-refractivity contribution is -0.120. The Balaban J connectivity index is 1.77. The van der Waals surface area contributed by atoms with Crippen molar-refractivity contribution in [3.8, 4) is 0 Å². The fraction of sp³-hybridized carbons (Fsp3) is 0.0625. The summed E-state index contributed by atoms with van der Waals surface area (Å²) in [5, 5.41) is 8.10. The molecule has 0 aliphatic carbocycles. The van der Waals surface area contributed by atoms with Gasteiger partial charge in [0.1, 0.15) is 5.92 Å². The Labute approximate surface area is 126 Å². The highest BCUT2D eigenvalue weighted by atomic mass is 16.2. The SMILES string of the molecule is O=C1NN=CC1C1=NC=CNC1=Cc1c[nH]c2ccccc12. The van der Waals surface area contributed by atoms with Crippen LogP contribution in [0.15, 0.2) is 58.7 Å². The van der Waals surface area contributed by atoms with Crippen LogP contribution in [-0.2, 0) is 4.79 Å². The van der Waals surface area contributed by atoms with Crippen LogP contribution in [0, 0.1) is 5.92 Å². The van der Waals surface area contributed by atoms with Crippen molar-refractivity contribution >= 4 is 34.8 Å². The number of carbonyl (C=O) groups excluding carboxylic acids is 1. The number of hydrogen-bond donors (Lipinski definition) is 3. The standard InChI is InChI=1S/C16H13N5O/c22-16-12(9-20-21-16)15-14(17-5-6-18-15)7-10-8-19-13-4-2-1-3-11(10)13/h1-9,12,17,19H,(H,21,22). The molecule has 3 heterocycles. The van der Waals surface area contributed by atoms with Gasteiger partial charge in [-0.3, -0.25) is 9.79 Å². The maximum absolute atomic E-state index is 11.8. The summed E-state index contributed by atoms with van der Waals surface area (Å²) in [5.41, 5.74) is 6.00. The molecule has 6 nitrogen and oxygen atoms in total. The molecular weight excluding hydrogens is 278 g/mol. The van der Waals surface area contributed by atoms with E-state index < -0.39 is 5.92 Å². The first-order valence-corrected chi connectivity index (χ1v) is 6.93. The number of amides is 1. The third kappa shape index (κ3) is 2.01. The highest BCUT2D eigenvalue weighted by molar-refractivity contribution is 6.25. The zero-order chi connectivity index (χ0) is 14.9. The number of benzene rings is 1. The minimum Gasteiger partial charge on any atom is -0.361 e. The van der Waals surface area contributed by atoms with Gasteiger partial charge < -0.3 is 10.3 Å². The van der Waals surface area contributed by atoms with E-state index in [2.05, 4.69) is 31.9 Å². The van der Waals surface area contributed by atoms with Crippen molar-refractivity contribution in [1.82, 2.24) is 15.7 Å². The number of allylic oxidation sites excluding steroid dienone is 1. The Morgan fingerprint density at radius 1 is 1.23 bits per heavy atom. The number of para-hydroxylation sites is 1. The van der Waals surface area contributed by atoms with Crippen LogP contribution in [0.4, 0.5) is 0 Å². The molecule has 2 aromatic rings. The highest BCUT2D eigenvalue weighted by Crippen LogP contribution is 2.22. The van der Waals surface area contributed by atoms with Gasteiger partial charge in [-0.25, -0.2) is 5.43 Å². The van der Waals surface area contributed by atoms with Crippen LogP contribution in [0.25, 0.3) is 17.0 Å². The summed E-state index contributed by atoms with van der Waals surface area (Å²) in [4.78, 5) is 19.4. The smallest absolute Gasteiger partial charge is 0.254 e. The predicted molar refractivity (Wildman–Crippen MR) is 86.1 cm³/mol. The van der Waals surface area contributed by atoms with Gasteiger partial charge in [-0.15, -0.1) is 0 Å². The van der Waals surface area contributed by atoms with Crippen molar-refractivity contribution in [2.45, 2.75) is 0 Å². The van der Waals surface area contributed by atoms with Gasteiger partial charge in [0.05, 0.1) is 11.4 Å². The third-order valence-electron chi connectivity index (χ3n) is 3.70. The lowest BCUT2D eigenvalue weighted by atomic mass is 9.99. The first-order chi connectivity index (χ1) is 10.8. The van der Waals surface area contributed by atoms with E-state index in [4.69, 9.17) is 0 Å². The fourth-order valence-corrected chi connectivity index (χ4v) is 2.63.